The Morgan fingerprint density at radius 3 is 2.87 bits per heavy atom. The number of amides is 1. The third-order valence-corrected chi connectivity index (χ3v) is 3.58. The van der Waals surface area contributed by atoms with Gasteiger partial charge >= 0.3 is 0 Å². The Bertz CT molecular complexity index is 854. The van der Waals surface area contributed by atoms with Gasteiger partial charge in [0.05, 0.1) is 23.8 Å². The molecule has 3 rings (SSSR count). The Hall–Kier alpha value is -2.96. The van der Waals surface area contributed by atoms with Crippen LogP contribution in [0.1, 0.15) is 12.1 Å². The maximum Gasteiger partial charge on any atom is 0.272 e. The standard InChI is InChI=1S/C16H17N5O2/c22-15(18-6-3-8-21-9-7-17-11-21)10-14-12-4-1-2-5-13(12)16(23)20-19-14/h1-2,4-5,7,9,11H,3,6,8,10H2,(H,18,22)(H,20,23). The number of aromatic amines is 1. The summed E-state index contributed by atoms with van der Waals surface area (Å²) < 4.78 is 1.96. The van der Waals surface area contributed by atoms with Gasteiger partial charge in [-0.1, -0.05) is 18.2 Å². The number of aromatic nitrogens is 4. The zero-order valence-electron chi connectivity index (χ0n) is 12.5. The number of hydrogen-bond donors (Lipinski definition) is 2. The van der Waals surface area contributed by atoms with Crippen molar-refractivity contribution in [2.75, 3.05) is 6.54 Å². The number of hydrogen-bond acceptors (Lipinski definition) is 4. The molecule has 7 heteroatoms. The molecule has 0 atom stereocenters. The molecule has 0 aliphatic heterocycles. The van der Waals surface area contributed by atoms with E-state index in [4.69, 9.17) is 0 Å². The molecule has 0 unspecified atom stereocenters. The molecule has 1 amide bonds. The molecule has 2 aromatic heterocycles. The summed E-state index contributed by atoms with van der Waals surface area (Å²) in [6.07, 6.45) is 6.33. The van der Waals surface area contributed by atoms with Crippen molar-refractivity contribution in [1.29, 1.82) is 0 Å². The van der Waals surface area contributed by atoms with Crippen molar-refractivity contribution >= 4 is 16.7 Å². The van der Waals surface area contributed by atoms with Gasteiger partial charge in [-0.05, 0) is 12.5 Å². The number of nitrogens with zero attached hydrogens (tertiary/aromatic N) is 3. The number of H-pyrrole nitrogens is 1. The van der Waals surface area contributed by atoms with E-state index in [-0.39, 0.29) is 17.9 Å². The van der Waals surface area contributed by atoms with E-state index in [9.17, 15) is 9.59 Å². The molecule has 0 aliphatic carbocycles. The van der Waals surface area contributed by atoms with E-state index in [1.54, 1.807) is 30.7 Å². The summed E-state index contributed by atoms with van der Waals surface area (Å²) >= 11 is 0. The summed E-state index contributed by atoms with van der Waals surface area (Å²) in [7, 11) is 0. The van der Waals surface area contributed by atoms with Crippen LogP contribution in [0.4, 0.5) is 0 Å². The van der Waals surface area contributed by atoms with Crippen LogP contribution < -0.4 is 10.9 Å². The Balaban J connectivity index is 1.58. The summed E-state index contributed by atoms with van der Waals surface area (Å²) in [5, 5.41) is 10.6. The second-order valence-electron chi connectivity index (χ2n) is 5.23. The zero-order chi connectivity index (χ0) is 16.1. The molecule has 0 fully saturated rings. The van der Waals surface area contributed by atoms with Crippen molar-refractivity contribution in [1.82, 2.24) is 25.1 Å². The molecule has 0 radical (unpaired) electrons. The van der Waals surface area contributed by atoms with Crippen molar-refractivity contribution in [2.24, 2.45) is 0 Å². The molecule has 7 nitrogen and oxygen atoms in total. The Morgan fingerprint density at radius 1 is 1.26 bits per heavy atom. The summed E-state index contributed by atoms with van der Waals surface area (Å²) in [4.78, 5) is 27.7. The van der Waals surface area contributed by atoms with Gasteiger partial charge in [0, 0.05) is 30.9 Å². The second-order valence-corrected chi connectivity index (χ2v) is 5.23. The number of carbonyl (C=O) groups excluding carboxylic acids is 1. The van der Waals surface area contributed by atoms with E-state index in [2.05, 4.69) is 20.5 Å². The first-order chi connectivity index (χ1) is 11.2. The van der Waals surface area contributed by atoms with Gasteiger partial charge in [0.25, 0.3) is 5.56 Å². The number of imidazole rings is 1. The molecule has 0 saturated heterocycles. The van der Waals surface area contributed by atoms with Gasteiger partial charge in [-0.3, -0.25) is 9.59 Å². The largest absolute Gasteiger partial charge is 0.356 e. The summed E-state index contributed by atoms with van der Waals surface area (Å²) in [5.74, 6) is -0.111. The lowest BCUT2D eigenvalue weighted by Crippen LogP contribution is -2.27. The Labute approximate surface area is 132 Å². The molecule has 0 spiro atoms. The molecule has 0 aliphatic rings. The van der Waals surface area contributed by atoms with E-state index in [1.807, 2.05) is 16.8 Å². The number of nitrogens with one attached hydrogen (secondary N) is 2. The number of rotatable bonds is 6. The van der Waals surface area contributed by atoms with Gasteiger partial charge in [-0.2, -0.15) is 5.10 Å². The summed E-state index contributed by atoms with van der Waals surface area (Å²) in [6, 6.07) is 7.15. The van der Waals surface area contributed by atoms with Gasteiger partial charge in [0.2, 0.25) is 5.91 Å². The number of carbonyl (C=O) groups is 1. The SMILES string of the molecule is O=C(Cc1n[nH]c(=O)c2ccccc12)NCCCn1ccnc1. The lowest BCUT2D eigenvalue weighted by molar-refractivity contribution is -0.120. The predicted octanol–water partition coefficient (Wildman–Crippen LogP) is 0.869. The third-order valence-electron chi connectivity index (χ3n) is 3.58. The van der Waals surface area contributed by atoms with Crippen molar-refractivity contribution in [2.45, 2.75) is 19.4 Å². The molecule has 1 aromatic carbocycles. The van der Waals surface area contributed by atoms with Crippen LogP contribution in [-0.4, -0.2) is 32.2 Å². The minimum atomic E-state index is -0.245. The molecule has 118 valence electrons. The smallest absolute Gasteiger partial charge is 0.272 e. The summed E-state index contributed by atoms with van der Waals surface area (Å²) in [5.41, 5.74) is 0.331. The topological polar surface area (TPSA) is 92.7 Å². The number of fused-ring (bicyclic) bond motifs is 1. The van der Waals surface area contributed by atoms with E-state index >= 15 is 0 Å². The van der Waals surface area contributed by atoms with Gasteiger partial charge in [0.1, 0.15) is 0 Å². The Morgan fingerprint density at radius 2 is 2.09 bits per heavy atom. The molecule has 2 N–H and O–H groups in total. The minimum absolute atomic E-state index is 0.111. The number of aryl methyl sites for hydroxylation is 1. The molecule has 23 heavy (non-hydrogen) atoms. The van der Waals surface area contributed by atoms with Gasteiger partial charge in [-0.15, -0.1) is 0 Å². The van der Waals surface area contributed by atoms with Crippen molar-refractivity contribution in [3.63, 3.8) is 0 Å². The predicted molar refractivity (Wildman–Crippen MR) is 85.9 cm³/mol. The fraction of sp³-hybridized carbons (Fsp3) is 0.250. The highest BCUT2D eigenvalue weighted by Gasteiger charge is 2.10. The molecular weight excluding hydrogens is 294 g/mol. The minimum Gasteiger partial charge on any atom is -0.356 e. The van der Waals surface area contributed by atoms with Crippen LogP contribution in [0.2, 0.25) is 0 Å². The maximum atomic E-state index is 12.0. The van der Waals surface area contributed by atoms with Crippen LogP contribution >= 0.6 is 0 Å². The first-order valence-corrected chi connectivity index (χ1v) is 7.43. The van der Waals surface area contributed by atoms with Crippen LogP contribution in [0.3, 0.4) is 0 Å². The molecule has 2 heterocycles. The highest BCUT2D eigenvalue weighted by molar-refractivity contribution is 5.88. The molecular formula is C16H17N5O2. The monoisotopic (exact) mass is 311 g/mol. The van der Waals surface area contributed by atoms with Crippen LogP contribution in [0.15, 0.2) is 47.8 Å². The lowest BCUT2D eigenvalue weighted by Gasteiger charge is -2.07. The van der Waals surface area contributed by atoms with Crippen LogP contribution in [0.5, 0.6) is 0 Å². The first kappa shape index (κ1) is 15.0. The van der Waals surface area contributed by atoms with E-state index in [1.165, 1.54) is 0 Å². The highest BCUT2D eigenvalue weighted by Crippen LogP contribution is 2.12. The van der Waals surface area contributed by atoms with Crippen LogP contribution in [0, 0.1) is 0 Å². The maximum absolute atomic E-state index is 12.0. The number of benzene rings is 1. The first-order valence-electron chi connectivity index (χ1n) is 7.43. The van der Waals surface area contributed by atoms with Crippen molar-refractivity contribution < 1.29 is 4.79 Å². The van der Waals surface area contributed by atoms with Crippen molar-refractivity contribution in [3.05, 3.63) is 59.0 Å². The summed E-state index contributed by atoms with van der Waals surface area (Å²) in [6.45, 7) is 1.39. The van der Waals surface area contributed by atoms with Gasteiger partial charge < -0.3 is 9.88 Å². The normalized spacial score (nSPS) is 10.8. The highest BCUT2D eigenvalue weighted by atomic mass is 16.1. The van der Waals surface area contributed by atoms with Crippen molar-refractivity contribution in [3.8, 4) is 0 Å². The second kappa shape index (κ2) is 6.87. The third kappa shape index (κ3) is 3.63. The van der Waals surface area contributed by atoms with E-state index in [0.29, 0.717) is 23.0 Å². The van der Waals surface area contributed by atoms with E-state index in [0.717, 1.165) is 13.0 Å². The van der Waals surface area contributed by atoms with Gasteiger partial charge in [-0.25, -0.2) is 10.1 Å². The fourth-order valence-corrected chi connectivity index (χ4v) is 2.43. The van der Waals surface area contributed by atoms with Crippen LogP contribution in [0.25, 0.3) is 10.8 Å². The van der Waals surface area contributed by atoms with Crippen LogP contribution in [-0.2, 0) is 17.8 Å². The zero-order valence-corrected chi connectivity index (χ0v) is 12.5. The molecule has 3 aromatic rings. The van der Waals surface area contributed by atoms with E-state index < -0.39 is 0 Å². The molecule has 0 bridgehead atoms. The molecule has 0 saturated carbocycles. The Kier molecular flexibility index (Phi) is 4.46. The average Bonchev–Trinajstić information content (AvgIpc) is 3.08. The fourth-order valence-electron chi connectivity index (χ4n) is 2.43. The lowest BCUT2D eigenvalue weighted by atomic mass is 10.1. The van der Waals surface area contributed by atoms with Gasteiger partial charge in [0.15, 0.2) is 0 Å². The quantitative estimate of drug-likeness (QED) is 0.661. The average molecular weight is 311 g/mol.